The Balaban J connectivity index is 2.72. The van der Waals surface area contributed by atoms with E-state index in [0.717, 1.165) is 6.42 Å². The van der Waals surface area contributed by atoms with Gasteiger partial charge in [-0.3, -0.25) is 0 Å². The SMILES string of the molecule is CC(C)[Si](C)(CC(C)(C)C)OC1=CC=CC1. The van der Waals surface area contributed by atoms with Gasteiger partial charge >= 0.3 is 0 Å². The van der Waals surface area contributed by atoms with Crippen LogP contribution in [0.2, 0.25) is 18.1 Å². The summed E-state index contributed by atoms with van der Waals surface area (Å²) in [5, 5.41) is 0. The van der Waals surface area contributed by atoms with Gasteiger partial charge in [0.25, 0.3) is 8.32 Å². The van der Waals surface area contributed by atoms with Crippen molar-refractivity contribution in [2.24, 2.45) is 5.41 Å². The fourth-order valence-electron chi connectivity index (χ4n) is 2.21. The van der Waals surface area contributed by atoms with E-state index in [-0.39, 0.29) is 0 Å². The molecule has 0 radical (unpaired) electrons. The minimum Gasteiger partial charge on any atom is -0.546 e. The van der Waals surface area contributed by atoms with E-state index < -0.39 is 8.32 Å². The Morgan fingerprint density at radius 3 is 2.38 bits per heavy atom. The Hall–Kier alpha value is -0.503. The molecule has 0 heterocycles. The topological polar surface area (TPSA) is 9.23 Å². The zero-order chi connectivity index (χ0) is 12.4. The summed E-state index contributed by atoms with van der Waals surface area (Å²) in [4.78, 5) is 0. The van der Waals surface area contributed by atoms with Crippen molar-refractivity contribution in [3.8, 4) is 0 Å². The molecule has 0 saturated heterocycles. The second-order valence-electron chi connectivity index (χ2n) is 6.57. The highest BCUT2D eigenvalue weighted by molar-refractivity contribution is 6.74. The highest BCUT2D eigenvalue weighted by Gasteiger charge is 2.39. The molecule has 2 heteroatoms. The zero-order valence-electron chi connectivity index (χ0n) is 11.6. The average Bonchev–Trinajstić information content (AvgIpc) is 2.52. The van der Waals surface area contributed by atoms with Crippen molar-refractivity contribution in [1.82, 2.24) is 0 Å². The van der Waals surface area contributed by atoms with E-state index >= 15 is 0 Å². The van der Waals surface area contributed by atoms with E-state index in [2.05, 4.69) is 59.4 Å². The van der Waals surface area contributed by atoms with Crippen molar-refractivity contribution < 1.29 is 4.43 Å². The predicted molar refractivity (Wildman–Crippen MR) is 73.9 cm³/mol. The van der Waals surface area contributed by atoms with Crippen LogP contribution in [0.15, 0.2) is 24.0 Å². The summed E-state index contributed by atoms with van der Waals surface area (Å²) in [6.45, 7) is 13.9. The molecule has 1 aliphatic rings. The molecule has 0 fully saturated rings. The van der Waals surface area contributed by atoms with Gasteiger partial charge in [0.2, 0.25) is 0 Å². The molecule has 0 saturated carbocycles. The van der Waals surface area contributed by atoms with Crippen LogP contribution >= 0.6 is 0 Å². The molecular weight excluding hydrogens is 212 g/mol. The summed E-state index contributed by atoms with van der Waals surface area (Å²) < 4.78 is 6.37. The van der Waals surface area contributed by atoms with Crippen LogP contribution in [0.1, 0.15) is 41.0 Å². The Kier molecular flexibility index (Phi) is 4.05. The van der Waals surface area contributed by atoms with Gasteiger partial charge in [0.05, 0.1) is 5.76 Å². The van der Waals surface area contributed by atoms with Gasteiger partial charge in [0.1, 0.15) is 0 Å². The van der Waals surface area contributed by atoms with Gasteiger partial charge in [-0.15, -0.1) is 0 Å². The molecule has 1 rings (SSSR count). The Labute approximate surface area is 102 Å². The van der Waals surface area contributed by atoms with Gasteiger partial charge in [-0.2, -0.15) is 0 Å². The highest BCUT2D eigenvalue weighted by atomic mass is 28.4. The van der Waals surface area contributed by atoms with E-state index in [0.29, 0.717) is 11.0 Å². The minimum atomic E-state index is -1.64. The Bertz CT molecular complexity index is 296. The van der Waals surface area contributed by atoms with Crippen molar-refractivity contribution in [3.05, 3.63) is 24.0 Å². The molecule has 0 spiro atoms. The van der Waals surface area contributed by atoms with E-state index in [4.69, 9.17) is 4.43 Å². The molecule has 1 nitrogen and oxygen atoms in total. The van der Waals surface area contributed by atoms with E-state index in [9.17, 15) is 0 Å². The molecule has 0 bridgehead atoms. The third-order valence-corrected chi connectivity index (χ3v) is 8.14. The zero-order valence-corrected chi connectivity index (χ0v) is 12.6. The van der Waals surface area contributed by atoms with Crippen molar-refractivity contribution in [3.63, 3.8) is 0 Å². The van der Waals surface area contributed by atoms with Gasteiger partial charge in [0, 0.05) is 6.42 Å². The first-order valence-corrected chi connectivity index (χ1v) is 8.97. The van der Waals surface area contributed by atoms with Gasteiger partial charge in [0.15, 0.2) is 0 Å². The van der Waals surface area contributed by atoms with Crippen molar-refractivity contribution in [2.45, 2.75) is 59.2 Å². The van der Waals surface area contributed by atoms with E-state index in [1.54, 1.807) is 0 Å². The molecule has 0 aromatic carbocycles. The second kappa shape index (κ2) is 4.78. The lowest BCUT2D eigenvalue weighted by Gasteiger charge is -2.37. The van der Waals surface area contributed by atoms with Crippen LogP contribution in [0.25, 0.3) is 0 Å². The predicted octanol–water partition coefficient (Wildman–Crippen LogP) is 4.88. The van der Waals surface area contributed by atoms with Crippen LogP contribution in [0.5, 0.6) is 0 Å². The quantitative estimate of drug-likeness (QED) is 0.634. The lowest BCUT2D eigenvalue weighted by Crippen LogP contribution is -2.41. The van der Waals surface area contributed by atoms with E-state index in [1.807, 2.05) is 0 Å². The van der Waals surface area contributed by atoms with Gasteiger partial charge in [-0.25, -0.2) is 0 Å². The summed E-state index contributed by atoms with van der Waals surface area (Å²) in [6, 6.07) is 1.22. The summed E-state index contributed by atoms with van der Waals surface area (Å²) in [6.07, 6.45) is 7.37. The van der Waals surface area contributed by atoms with Crippen molar-refractivity contribution >= 4 is 8.32 Å². The number of hydrogen-bond donors (Lipinski definition) is 0. The summed E-state index contributed by atoms with van der Waals surface area (Å²) >= 11 is 0. The molecule has 0 aliphatic heterocycles. The van der Waals surface area contributed by atoms with Crippen molar-refractivity contribution in [1.29, 1.82) is 0 Å². The molecule has 92 valence electrons. The molecule has 16 heavy (non-hydrogen) atoms. The number of allylic oxidation sites excluding steroid dienone is 3. The maximum Gasteiger partial charge on any atom is 0.250 e. The largest absolute Gasteiger partial charge is 0.546 e. The van der Waals surface area contributed by atoms with Crippen LogP contribution in [0.4, 0.5) is 0 Å². The van der Waals surface area contributed by atoms with Gasteiger partial charge < -0.3 is 4.43 Å². The first-order chi connectivity index (χ1) is 7.23. The first-order valence-electron chi connectivity index (χ1n) is 6.28. The van der Waals surface area contributed by atoms with Crippen LogP contribution < -0.4 is 0 Å². The van der Waals surface area contributed by atoms with Crippen LogP contribution in [-0.4, -0.2) is 8.32 Å². The monoisotopic (exact) mass is 238 g/mol. The minimum absolute atomic E-state index is 0.359. The lowest BCUT2D eigenvalue weighted by atomic mass is 10.0. The molecule has 0 aromatic rings. The third kappa shape index (κ3) is 3.82. The fraction of sp³-hybridized carbons (Fsp3) is 0.714. The molecule has 1 atom stereocenters. The molecule has 0 aromatic heterocycles. The van der Waals surface area contributed by atoms with Crippen molar-refractivity contribution in [2.75, 3.05) is 0 Å². The molecule has 0 N–H and O–H groups in total. The standard InChI is InChI=1S/C14H26OSi/c1-12(2)16(6,11-14(3,4)5)15-13-9-7-8-10-13/h7-9,12H,10-11H2,1-6H3. The summed E-state index contributed by atoms with van der Waals surface area (Å²) in [5.74, 6) is 1.17. The van der Waals surface area contributed by atoms with Gasteiger partial charge in [-0.1, -0.05) is 46.8 Å². The maximum atomic E-state index is 6.37. The number of rotatable bonds is 4. The Morgan fingerprint density at radius 1 is 1.38 bits per heavy atom. The second-order valence-corrected chi connectivity index (χ2v) is 10.9. The van der Waals surface area contributed by atoms with Crippen LogP contribution in [-0.2, 0) is 4.43 Å². The van der Waals surface area contributed by atoms with Crippen LogP contribution in [0, 0.1) is 5.41 Å². The molecule has 0 amide bonds. The maximum absolute atomic E-state index is 6.37. The molecular formula is C14H26OSi. The molecule has 1 aliphatic carbocycles. The first kappa shape index (κ1) is 13.6. The molecule has 1 unspecified atom stereocenters. The van der Waals surface area contributed by atoms with Crippen LogP contribution in [0.3, 0.4) is 0 Å². The normalized spacial score (nSPS) is 19.8. The number of hydrogen-bond acceptors (Lipinski definition) is 1. The summed E-state index contributed by atoms with van der Waals surface area (Å²) in [7, 11) is -1.64. The average molecular weight is 238 g/mol. The van der Waals surface area contributed by atoms with Gasteiger partial charge in [-0.05, 0) is 29.6 Å². The highest BCUT2D eigenvalue weighted by Crippen LogP contribution is 2.37. The smallest absolute Gasteiger partial charge is 0.250 e. The summed E-state index contributed by atoms with van der Waals surface area (Å²) in [5.41, 5.74) is 1.02. The fourth-order valence-corrected chi connectivity index (χ4v) is 5.79. The van der Waals surface area contributed by atoms with E-state index in [1.165, 1.54) is 11.8 Å². The lowest BCUT2D eigenvalue weighted by molar-refractivity contribution is 0.357. The third-order valence-electron chi connectivity index (χ3n) is 3.20. The Morgan fingerprint density at radius 2 is 2.00 bits per heavy atom.